The first-order chi connectivity index (χ1) is 67.2. The molecule has 0 radical (unpaired) electrons. The zero-order valence-electron chi connectivity index (χ0n) is 78.9. The van der Waals surface area contributed by atoms with Crippen LogP contribution >= 0.6 is 23.2 Å². The minimum Gasteiger partial charge on any atom is -0.368 e. The van der Waals surface area contributed by atoms with Crippen LogP contribution in [-0.2, 0) is 90.2 Å². The maximum Gasteiger partial charge on any atom is 0.293 e. The molecule has 5 aromatic heterocycles. The first-order valence-electron chi connectivity index (χ1n) is 45.2. The summed E-state index contributed by atoms with van der Waals surface area (Å²) in [5.41, 5.74) is -0.439. The van der Waals surface area contributed by atoms with Gasteiger partial charge < -0.3 is 77.2 Å². The van der Waals surface area contributed by atoms with Crippen LogP contribution in [0.2, 0.25) is 10.0 Å². The zero-order chi connectivity index (χ0) is 106. The lowest BCUT2D eigenvalue weighted by atomic mass is 9.69. The summed E-state index contributed by atoms with van der Waals surface area (Å²) in [6, 6.07) is 8.51. The van der Waals surface area contributed by atoms with E-state index in [1.165, 1.54) is 83.8 Å². The molecule has 1 atom stereocenters. The van der Waals surface area contributed by atoms with Crippen molar-refractivity contribution in [3.8, 4) is 0 Å². The number of alkyl halides is 9. The molecular formula is C96H96Cl2F14N16O16. The van der Waals surface area contributed by atoms with Gasteiger partial charge >= 0.3 is 0 Å². The Morgan fingerprint density at radius 1 is 0.410 bits per heavy atom. The third-order valence-electron chi connectivity index (χ3n) is 26.9. The van der Waals surface area contributed by atoms with Gasteiger partial charge in [-0.05, 0) is 171 Å². The van der Waals surface area contributed by atoms with Crippen molar-refractivity contribution in [3.05, 3.63) is 200 Å². The summed E-state index contributed by atoms with van der Waals surface area (Å²) < 4.78 is 199. The fourth-order valence-electron chi connectivity index (χ4n) is 20.0. The van der Waals surface area contributed by atoms with E-state index in [2.05, 4.69) is 58.2 Å². The predicted octanol–water partition coefficient (Wildman–Crippen LogP) is 13.2. The highest BCUT2D eigenvalue weighted by Gasteiger charge is 2.65. The van der Waals surface area contributed by atoms with Crippen LogP contribution in [0.3, 0.4) is 0 Å². The van der Waals surface area contributed by atoms with Crippen LogP contribution in [0.15, 0.2) is 48.7 Å². The van der Waals surface area contributed by atoms with E-state index in [0.717, 1.165) is 37.4 Å². The van der Waals surface area contributed by atoms with Crippen LogP contribution in [0.25, 0.3) is 0 Å². The van der Waals surface area contributed by atoms with E-state index >= 15 is 0 Å². The molecule has 144 heavy (non-hydrogen) atoms. The third kappa shape index (κ3) is 20.3. The molecule has 11 amide bonds. The second-order valence-corrected chi connectivity index (χ2v) is 37.8. The van der Waals surface area contributed by atoms with E-state index < -0.39 is 232 Å². The number of hydrogen-bond acceptors (Lipinski definition) is 17. The minimum absolute atomic E-state index is 0.00546. The highest BCUT2D eigenvalue weighted by Crippen LogP contribution is 2.51. The molecule has 12 N–H and O–H groups in total. The molecule has 4 saturated carbocycles. The van der Waals surface area contributed by atoms with Gasteiger partial charge in [0.15, 0.2) is 17.4 Å². The van der Waals surface area contributed by atoms with Gasteiger partial charge in [0.2, 0.25) is 17.7 Å². The molecule has 32 nitrogen and oxygen atoms in total. The lowest BCUT2D eigenvalue weighted by Gasteiger charge is -2.46. The van der Waals surface area contributed by atoms with Gasteiger partial charge in [-0.15, -0.1) is 0 Å². The quantitative estimate of drug-likeness (QED) is 0.0136. The Bertz CT molecular complexity index is 6780. The van der Waals surface area contributed by atoms with Crippen LogP contribution in [0.4, 0.5) is 84.2 Å². The molecule has 9 heterocycles. The minimum atomic E-state index is -3.20. The number of rotatable bonds is 26. The van der Waals surface area contributed by atoms with E-state index in [1.54, 1.807) is 22.1 Å². The Hall–Kier alpha value is -14.0. The summed E-state index contributed by atoms with van der Waals surface area (Å²) >= 11 is 12.0. The zero-order valence-corrected chi connectivity index (χ0v) is 80.5. The lowest BCUT2D eigenvalue weighted by molar-refractivity contribution is -0.164. The molecule has 1 unspecified atom stereocenters. The SMILES string of the molecule is CCC(=O)C1(NC(=O)C(=O)c2c(C)c(C(=O)Nc3cc(F)c(C)c(Cl)c3)n3c2CCC3)CC(F)(F)C1.CNC(=O)C1(NC(=O)C(=O)c2c(C)c(C(=O)Nc3ccc(C)c(Cl)c3F)n3c2CCC3)CC(F)(F)C1.CNC(=O)C1(NC(=O)C(=O)c2c(C)c(C(=O)Nc3ccnc(C(C)F)c3F)n3c2CCC3)CC(F)(F)C1.Cc1c(F)cc(NC(=O)c2c(C)c(C(=O)C(=O)NC3(C(N)=O)CC(F)(F)C3)c3n2CCC3)cc1F. The number of halogens is 16. The van der Waals surface area contributed by atoms with Crippen molar-refractivity contribution < 1.29 is 138 Å². The number of ketones is 5. The molecule has 768 valence electrons. The van der Waals surface area contributed by atoms with E-state index in [0.29, 0.717) is 106 Å². The smallest absolute Gasteiger partial charge is 0.293 e. The van der Waals surface area contributed by atoms with Crippen molar-refractivity contribution in [2.75, 3.05) is 35.4 Å². The number of carbonyl (C=O) groups is 16. The highest BCUT2D eigenvalue weighted by atomic mass is 35.5. The number of nitrogens with two attached hydrogens (primary N) is 1. The van der Waals surface area contributed by atoms with Crippen molar-refractivity contribution in [1.29, 1.82) is 0 Å². The molecule has 16 rings (SSSR count). The number of primary amides is 1. The fraction of sp³-hybridized carbons (Fsp3) is 0.427. The van der Waals surface area contributed by atoms with E-state index in [4.69, 9.17) is 28.9 Å². The number of benzene rings is 3. The van der Waals surface area contributed by atoms with Crippen molar-refractivity contribution >= 4 is 140 Å². The number of anilines is 4. The van der Waals surface area contributed by atoms with E-state index in [-0.39, 0.29) is 118 Å². The Labute approximate surface area is 820 Å². The molecule has 4 aliphatic carbocycles. The van der Waals surface area contributed by atoms with Crippen LogP contribution in [0, 0.1) is 77.6 Å². The molecule has 3 aromatic carbocycles. The fourth-order valence-corrected chi connectivity index (χ4v) is 20.4. The maximum absolute atomic E-state index is 14.6. The van der Waals surface area contributed by atoms with Crippen LogP contribution in [0.1, 0.15) is 254 Å². The number of pyridine rings is 1. The molecular weight excluding hydrogens is 1970 g/mol. The Morgan fingerprint density at radius 2 is 0.708 bits per heavy atom. The number of carbonyl (C=O) groups excluding carboxylic acids is 16. The number of hydrogen-bond donors (Lipinski definition) is 11. The topological polar surface area (TPSA) is 452 Å². The van der Waals surface area contributed by atoms with Gasteiger partial charge in [-0.25, -0.2) is 61.5 Å². The van der Waals surface area contributed by atoms with Crippen LogP contribution in [-0.4, -0.2) is 177 Å². The molecule has 0 bridgehead atoms. The largest absolute Gasteiger partial charge is 0.368 e. The number of fused-ring (bicyclic) bond motifs is 4. The van der Waals surface area contributed by atoms with Gasteiger partial charge in [0.05, 0.1) is 38.7 Å². The second kappa shape index (κ2) is 40.0. The molecule has 48 heteroatoms. The average Bonchev–Trinajstić information content (AvgIpc) is 1.71. The number of amides is 11. The second-order valence-electron chi connectivity index (χ2n) is 37.0. The molecule has 0 spiro atoms. The number of likely N-dealkylation sites (N-methyl/N-ethyl adjacent to an activating group) is 2. The number of nitrogens with one attached hydrogen (secondary N) is 10. The number of aromatic nitrogens is 5. The standard InChI is InChI=1S/C25H25ClF3N3O4.C24H24ClF3N4O4.C24H25F4N5O4.C23H22F4N4O4/c1-4-18(33)24(10-25(28,29)11-24)31-23(36)21(34)19-13(3)20(32-7-5-6-17(19)32)22(35)30-14-8-15(26)12(2)16(27)9-14;1-11-6-7-13(17(26)16(11)25)30-20(34)18-12(2)15(14-5-4-8-32(14)18)19(33)21(35)31-23(22(36)29-3)9-24(27,28)10-23;1-11-15(19(34)21(36)32-23(22(37)29-3)9-24(27,28)10-23)14-5-4-8-33(14)18(11)20(35)31-13-6-7-30-17(12(2)25)16(13)26;1-10-13(24)6-12(7-14(10)25)29-19(33)17-11(2)16(15-4-3-5-31(15)17)18(32)20(34)30-22(21(28)35)8-23(26,27)9-22/h8-9H,4-7,10-11H2,1-3H3,(H,30,35)(H,31,36);6-7H,4-5,8-10H2,1-3H3,(H,29,36)(H,30,34)(H,31,35);6-7,12H,4-5,8-10H2,1-3H3,(H,29,37)(H,32,36)(H,30,31,35);6-7H,3-5,8-9H2,1-2H3,(H2,28,35)(H,29,33)(H,30,34). The van der Waals surface area contributed by atoms with Gasteiger partial charge in [-0.1, -0.05) is 36.2 Å². The van der Waals surface area contributed by atoms with Gasteiger partial charge in [-0.2, -0.15) is 0 Å². The van der Waals surface area contributed by atoms with Gasteiger partial charge in [0.25, 0.3) is 94.1 Å². The first kappa shape index (κ1) is 107. The average molecular weight is 2070 g/mol. The number of nitrogens with zero attached hydrogens (tertiary/aromatic N) is 5. The van der Waals surface area contributed by atoms with Crippen LogP contribution < -0.4 is 58.9 Å². The number of Topliss-reactive ketones (excluding diaryl/α,β-unsaturated/α-hetero) is 5. The molecule has 8 aromatic rings. The Balaban J connectivity index is 0.000000161. The van der Waals surface area contributed by atoms with Crippen molar-refractivity contribution in [3.63, 3.8) is 0 Å². The Kier molecular flexibility index (Phi) is 29.8. The summed E-state index contributed by atoms with van der Waals surface area (Å²) in [6.07, 6.45) is -4.29. The van der Waals surface area contributed by atoms with Crippen LogP contribution in [0.5, 0.6) is 0 Å². The summed E-state index contributed by atoms with van der Waals surface area (Å²) in [4.78, 5) is 209. The van der Waals surface area contributed by atoms with Crippen molar-refractivity contribution in [2.24, 2.45) is 5.73 Å². The summed E-state index contributed by atoms with van der Waals surface area (Å²) in [5.74, 6) is -32.2. The first-order valence-corrected chi connectivity index (χ1v) is 46.0. The van der Waals surface area contributed by atoms with Crippen molar-refractivity contribution in [2.45, 2.75) is 250 Å². The monoisotopic (exact) mass is 2060 g/mol. The highest BCUT2D eigenvalue weighted by molar-refractivity contribution is 6.46. The number of aryl methyl sites for hydroxylation is 1. The van der Waals surface area contributed by atoms with E-state index in [9.17, 15) is 138 Å². The molecule has 4 fully saturated rings. The molecule has 8 aliphatic rings. The maximum atomic E-state index is 14.6. The van der Waals surface area contributed by atoms with Gasteiger partial charge in [0.1, 0.15) is 74.2 Å². The molecule has 0 saturated heterocycles. The van der Waals surface area contributed by atoms with Crippen molar-refractivity contribution in [1.82, 2.24) is 55.2 Å². The molecule has 4 aliphatic heterocycles. The predicted molar refractivity (Wildman–Crippen MR) is 489 cm³/mol. The summed E-state index contributed by atoms with van der Waals surface area (Å²) in [6.45, 7) is 14.3. The normalized spacial score (nSPS) is 17.4. The summed E-state index contributed by atoms with van der Waals surface area (Å²) in [7, 11) is 2.47. The summed E-state index contributed by atoms with van der Waals surface area (Å²) in [5, 5.41) is 23.0. The van der Waals surface area contributed by atoms with Gasteiger partial charge in [-0.3, -0.25) is 81.7 Å². The lowest BCUT2D eigenvalue weighted by Crippen LogP contribution is -2.69. The van der Waals surface area contributed by atoms with Gasteiger partial charge in [0, 0.05) is 155 Å². The third-order valence-corrected chi connectivity index (χ3v) is 27.8. The van der Waals surface area contributed by atoms with E-state index in [1.807, 2.05) is 0 Å². The Morgan fingerprint density at radius 3 is 1.02 bits per heavy atom.